The second-order valence-corrected chi connectivity index (χ2v) is 4.44. The van der Waals surface area contributed by atoms with Crippen LogP contribution in [0.2, 0.25) is 0 Å². The van der Waals surface area contributed by atoms with Gasteiger partial charge in [-0.05, 0) is 26.8 Å². The molecule has 0 saturated carbocycles. The number of aryl methyl sites for hydroxylation is 3. The zero-order valence-electron chi connectivity index (χ0n) is 8.90. The van der Waals surface area contributed by atoms with Crippen molar-refractivity contribution in [3.63, 3.8) is 0 Å². The number of nitrogen functional groups attached to an aromatic ring is 1. The maximum absolute atomic E-state index is 5.66. The average molecular weight is 220 g/mol. The van der Waals surface area contributed by atoms with Crippen molar-refractivity contribution in [3.8, 4) is 10.6 Å². The molecule has 2 aromatic heterocycles. The Morgan fingerprint density at radius 3 is 2.40 bits per heavy atom. The number of aromatic nitrogens is 3. The van der Waals surface area contributed by atoms with Crippen LogP contribution in [0, 0.1) is 20.8 Å². The molecule has 0 fully saturated rings. The smallest absolute Gasteiger partial charge is 0.180 e. The fourth-order valence-electron chi connectivity index (χ4n) is 1.49. The predicted molar refractivity (Wildman–Crippen MR) is 61.8 cm³/mol. The fraction of sp³-hybridized carbons (Fsp3) is 0.300. The van der Waals surface area contributed by atoms with Gasteiger partial charge in [0.25, 0.3) is 0 Å². The third kappa shape index (κ3) is 1.97. The molecule has 0 aliphatic rings. The molecular formula is C10H12N4S. The second-order valence-electron chi connectivity index (χ2n) is 3.41. The van der Waals surface area contributed by atoms with E-state index in [1.165, 1.54) is 11.3 Å². The molecule has 0 aliphatic heterocycles. The first-order valence-corrected chi connectivity index (χ1v) is 5.43. The lowest BCUT2D eigenvalue weighted by Gasteiger charge is -2.01. The van der Waals surface area contributed by atoms with Crippen LogP contribution in [0.1, 0.15) is 17.2 Å². The minimum Gasteiger partial charge on any atom is -0.375 e. The van der Waals surface area contributed by atoms with Gasteiger partial charge in [-0.15, -0.1) is 0 Å². The number of anilines is 1. The van der Waals surface area contributed by atoms with E-state index >= 15 is 0 Å². The van der Waals surface area contributed by atoms with E-state index in [-0.39, 0.29) is 0 Å². The average Bonchev–Trinajstić information content (AvgIpc) is 2.43. The van der Waals surface area contributed by atoms with Gasteiger partial charge < -0.3 is 5.73 Å². The van der Waals surface area contributed by atoms with Crippen LogP contribution in [0.5, 0.6) is 0 Å². The number of rotatable bonds is 1. The molecule has 2 heterocycles. The molecule has 2 N–H and O–H groups in total. The Kier molecular flexibility index (Phi) is 2.40. The lowest BCUT2D eigenvalue weighted by atomic mass is 10.2. The first kappa shape index (κ1) is 10.0. The van der Waals surface area contributed by atoms with E-state index < -0.39 is 0 Å². The largest absolute Gasteiger partial charge is 0.375 e. The maximum Gasteiger partial charge on any atom is 0.180 e. The SMILES string of the molecule is Cc1cc(-c2sc(N)nc2C)nc(C)n1. The first-order valence-electron chi connectivity index (χ1n) is 4.62. The Morgan fingerprint density at radius 2 is 1.87 bits per heavy atom. The predicted octanol–water partition coefficient (Wildman–Crippen LogP) is 2.11. The van der Waals surface area contributed by atoms with Crippen LogP contribution in [0.15, 0.2) is 6.07 Å². The molecule has 0 amide bonds. The van der Waals surface area contributed by atoms with Gasteiger partial charge in [-0.2, -0.15) is 0 Å². The van der Waals surface area contributed by atoms with Crippen molar-refractivity contribution < 1.29 is 0 Å². The van der Waals surface area contributed by atoms with E-state index in [9.17, 15) is 0 Å². The molecule has 15 heavy (non-hydrogen) atoms. The van der Waals surface area contributed by atoms with E-state index in [1.807, 2.05) is 26.8 Å². The van der Waals surface area contributed by atoms with Crippen molar-refractivity contribution >= 4 is 16.5 Å². The van der Waals surface area contributed by atoms with Gasteiger partial charge in [0.1, 0.15) is 5.82 Å². The maximum atomic E-state index is 5.66. The highest BCUT2D eigenvalue weighted by Gasteiger charge is 2.10. The van der Waals surface area contributed by atoms with E-state index in [0.717, 1.165) is 27.8 Å². The number of hydrogen-bond acceptors (Lipinski definition) is 5. The number of hydrogen-bond donors (Lipinski definition) is 1. The van der Waals surface area contributed by atoms with Crippen LogP contribution in [0.3, 0.4) is 0 Å². The topological polar surface area (TPSA) is 64.7 Å². The van der Waals surface area contributed by atoms with Crippen molar-refractivity contribution in [3.05, 3.63) is 23.3 Å². The summed E-state index contributed by atoms with van der Waals surface area (Å²) < 4.78 is 0. The van der Waals surface area contributed by atoms with Crippen LogP contribution in [-0.4, -0.2) is 15.0 Å². The fourth-order valence-corrected chi connectivity index (χ4v) is 2.28. The zero-order chi connectivity index (χ0) is 11.0. The van der Waals surface area contributed by atoms with Gasteiger partial charge >= 0.3 is 0 Å². The van der Waals surface area contributed by atoms with E-state index in [4.69, 9.17) is 5.73 Å². The van der Waals surface area contributed by atoms with Gasteiger partial charge in [0, 0.05) is 5.69 Å². The quantitative estimate of drug-likeness (QED) is 0.799. The monoisotopic (exact) mass is 220 g/mol. The normalized spacial score (nSPS) is 10.6. The standard InChI is InChI=1S/C10H12N4S/c1-5-4-8(14-7(3)12-5)9-6(2)13-10(11)15-9/h4H,1-3H3,(H2,11,13). The van der Waals surface area contributed by atoms with Gasteiger partial charge in [-0.25, -0.2) is 15.0 Å². The Hall–Kier alpha value is -1.49. The van der Waals surface area contributed by atoms with Crippen molar-refractivity contribution in [2.75, 3.05) is 5.73 Å². The van der Waals surface area contributed by atoms with Crippen molar-refractivity contribution in [2.45, 2.75) is 20.8 Å². The molecule has 78 valence electrons. The van der Waals surface area contributed by atoms with Crippen LogP contribution < -0.4 is 5.73 Å². The van der Waals surface area contributed by atoms with Gasteiger partial charge in [0.05, 0.1) is 16.3 Å². The zero-order valence-corrected chi connectivity index (χ0v) is 9.72. The molecule has 2 rings (SSSR count). The Bertz CT molecular complexity index is 484. The van der Waals surface area contributed by atoms with Crippen molar-refractivity contribution in [1.29, 1.82) is 0 Å². The first-order chi connectivity index (χ1) is 7.06. The van der Waals surface area contributed by atoms with Crippen LogP contribution in [-0.2, 0) is 0 Å². The lowest BCUT2D eigenvalue weighted by Crippen LogP contribution is -1.93. The number of nitrogens with two attached hydrogens (primary N) is 1. The van der Waals surface area contributed by atoms with E-state index in [1.54, 1.807) is 0 Å². The Labute approximate surface area is 92.2 Å². The van der Waals surface area contributed by atoms with Crippen LogP contribution in [0.4, 0.5) is 5.13 Å². The van der Waals surface area contributed by atoms with Crippen LogP contribution in [0.25, 0.3) is 10.6 Å². The third-order valence-corrected chi connectivity index (χ3v) is 3.02. The molecular weight excluding hydrogens is 208 g/mol. The summed E-state index contributed by atoms with van der Waals surface area (Å²) in [5.41, 5.74) is 8.45. The van der Waals surface area contributed by atoms with Gasteiger partial charge in [-0.1, -0.05) is 11.3 Å². The molecule has 0 atom stereocenters. The highest BCUT2D eigenvalue weighted by Crippen LogP contribution is 2.29. The van der Waals surface area contributed by atoms with E-state index in [0.29, 0.717) is 5.13 Å². The number of nitrogens with zero attached hydrogens (tertiary/aromatic N) is 3. The highest BCUT2D eigenvalue weighted by atomic mass is 32.1. The van der Waals surface area contributed by atoms with Crippen molar-refractivity contribution in [1.82, 2.24) is 15.0 Å². The Balaban J connectivity index is 2.58. The molecule has 2 aromatic rings. The third-order valence-electron chi connectivity index (χ3n) is 2.01. The van der Waals surface area contributed by atoms with Gasteiger partial charge in [0.2, 0.25) is 0 Å². The summed E-state index contributed by atoms with van der Waals surface area (Å²) in [6, 6.07) is 1.95. The molecule has 0 bridgehead atoms. The molecule has 0 radical (unpaired) electrons. The molecule has 0 unspecified atom stereocenters. The molecule has 0 saturated heterocycles. The summed E-state index contributed by atoms with van der Waals surface area (Å²) in [6.45, 7) is 5.78. The Morgan fingerprint density at radius 1 is 1.13 bits per heavy atom. The highest BCUT2D eigenvalue weighted by molar-refractivity contribution is 7.18. The molecule has 5 heteroatoms. The summed E-state index contributed by atoms with van der Waals surface area (Å²) in [5.74, 6) is 0.774. The molecule has 0 aromatic carbocycles. The summed E-state index contributed by atoms with van der Waals surface area (Å²) in [6.07, 6.45) is 0. The van der Waals surface area contributed by atoms with Crippen LogP contribution >= 0.6 is 11.3 Å². The van der Waals surface area contributed by atoms with Gasteiger partial charge in [0.15, 0.2) is 5.13 Å². The second kappa shape index (κ2) is 3.58. The summed E-state index contributed by atoms with van der Waals surface area (Å²) in [7, 11) is 0. The summed E-state index contributed by atoms with van der Waals surface area (Å²) in [4.78, 5) is 13.8. The van der Waals surface area contributed by atoms with Gasteiger partial charge in [-0.3, -0.25) is 0 Å². The molecule has 0 spiro atoms. The lowest BCUT2D eigenvalue weighted by molar-refractivity contribution is 1.02. The molecule has 0 aliphatic carbocycles. The molecule has 4 nitrogen and oxygen atoms in total. The van der Waals surface area contributed by atoms with E-state index in [2.05, 4.69) is 15.0 Å². The minimum absolute atomic E-state index is 0.580. The summed E-state index contributed by atoms with van der Waals surface area (Å²) in [5, 5.41) is 0.580. The number of thiazole rings is 1. The minimum atomic E-state index is 0.580. The van der Waals surface area contributed by atoms with Crippen molar-refractivity contribution in [2.24, 2.45) is 0 Å². The summed E-state index contributed by atoms with van der Waals surface area (Å²) >= 11 is 1.46.